The molecule has 0 aromatic carbocycles. The number of amides is 1. The minimum absolute atomic E-state index is 0.0755. The molecule has 0 aliphatic rings. The van der Waals surface area contributed by atoms with Crippen molar-refractivity contribution in [1.29, 1.82) is 0 Å². The predicted octanol–water partition coefficient (Wildman–Crippen LogP) is 14.1. The third-order valence-electron chi connectivity index (χ3n) is 11.0. The Morgan fingerprint density at radius 2 is 0.964 bits per heavy atom. The first-order valence-electron chi connectivity index (χ1n) is 24.2. The first-order chi connectivity index (χ1) is 27.5. The highest BCUT2D eigenvalue weighted by atomic mass is 16.5. The topological polar surface area (TPSA) is 95.9 Å². The van der Waals surface area contributed by atoms with Crippen molar-refractivity contribution < 1.29 is 24.5 Å². The number of aliphatic hydroxyl groups excluding tert-OH is 2. The number of hydrogen-bond donors (Lipinski definition) is 3. The van der Waals surface area contributed by atoms with Gasteiger partial charge in [-0.25, -0.2) is 0 Å². The highest BCUT2D eigenvalue weighted by Crippen LogP contribution is 2.18. The maximum Gasteiger partial charge on any atom is 0.306 e. The minimum atomic E-state index is -0.785. The molecule has 0 spiro atoms. The SMILES string of the molecule is CC/C=C/C/C=C/C/C=C/CCCCCCCCC(=O)OC(CCCCCCCCCCCCCC)CC(=O)NC(CO)C(O)CCCCCCCCCCC. The van der Waals surface area contributed by atoms with Gasteiger partial charge in [-0.3, -0.25) is 9.59 Å². The van der Waals surface area contributed by atoms with Crippen LogP contribution in [0.4, 0.5) is 0 Å². The summed E-state index contributed by atoms with van der Waals surface area (Å²) >= 11 is 0. The van der Waals surface area contributed by atoms with E-state index in [1.165, 1.54) is 122 Å². The highest BCUT2D eigenvalue weighted by Gasteiger charge is 2.24. The van der Waals surface area contributed by atoms with E-state index in [2.05, 4.69) is 62.5 Å². The first-order valence-corrected chi connectivity index (χ1v) is 24.2. The lowest BCUT2D eigenvalue weighted by Crippen LogP contribution is -2.46. The molecule has 0 rings (SSSR count). The number of nitrogens with one attached hydrogen (secondary N) is 1. The molecule has 0 aliphatic heterocycles. The van der Waals surface area contributed by atoms with Crippen LogP contribution in [0.3, 0.4) is 0 Å². The lowest BCUT2D eigenvalue weighted by Gasteiger charge is -2.24. The van der Waals surface area contributed by atoms with Gasteiger partial charge in [-0.05, 0) is 57.8 Å². The van der Waals surface area contributed by atoms with Crippen LogP contribution in [-0.2, 0) is 14.3 Å². The smallest absolute Gasteiger partial charge is 0.306 e. The Kier molecular flexibility index (Phi) is 42.7. The lowest BCUT2D eigenvalue weighted by molar-refractivity contribution is -0.151. The van der Waals surface area contributed by atoms with E-state index in [4.69, 9.17) is 4.74 Å². The van der Waals surface area contributed by atoms with E-state index in [0.29, 0.717) is 19.3 Å². The number of hydrogen-bond acceptors (Lipinski definition) is 5. The molecule has 3 N–H and O–H groups in total. The average Bonchev–Trinajstić information content (AvgIpc) is 3.19. The quantitative estimate of drug-likeness (QED) is 0.0325. The third kappa shape index (κ3) is 38.9. The van der Waals surface area contributed by atoms with Gasteiger partial charge in [0, 0.05) is 6.42 Å². The van der Waals surface area contributed by atoms with E-state index < -0.39 is 18.2 Å². The summed E-state index contributed by atoms with van der Waals surface area (Å²) in [6.07, 6.45) is 50.6. The molecule has 0 aromatic heterocycles. The molecule has 3 atom stereocenters. The normalized spacial score (nSPS) is 13.6. The minimum Gasteiger partial charge on any atom is -0.462 e. The Labute approximate surface area is 347 Å². The van der Waals surface area contributed by atoms with Gasteiger partial charge >= 0.3 is 5.97 Å². The number of ether oxygens (including phenoxy) is 1. The van der Waals surface area contributed by atoms with Gasteiger partial charge in [0.1, 0.15) is 6.10 Å². The van der Waals surface area contributed by atoms with Gasteiger partial charge in [-0.2, -0.15) is 0 Å². The molecule has 6 nitrogen and oxygen atoms in total. The maximum atomic E-state index is 13.1. The van der Waals surface area contributed by atoms with Crippen molar-refractivity contribution in [3.05, 3.63) is 36.5 Å². The van der Waals surface area contributed by atoms with Crippen molar-refractivity contribution >= 4 is 11.9 Å². The van der Waals surface area contributed by atoms with Crippen LogP contribution in [0, 0.1) is 0 Å². The summed E-state index contributed by atoms with van der Waals surface area (Å²) in [6, 6.07) is -0.698. The van der Waals surface area contributed by atoms with Crippen LogP contribution >= 0.6 is 0 Å². The van der Waals surface area contributed by atoms with Crippen molar-refractivity contribution in [2.75, 3.05) is 6.61 Å². The Morgan fingerprint density at radius 1 is 0.536 bits per heavy atom. The number of aliphatic hydroxyl groups is 2. The second-order valence-corrected chi connectivity index (χ2v) is 16.5. The zero-order valence-corrected chi connectivity index (χ0v) is 37.3. The van der Waals surface area contributed by atoms with Crippen molar-refractivity contribution in [3.8, 4) is 0 Å². The molecule has 0 saturated heterocycles. The number of esters is 1. The van der Waals surface area contributed by atoms with Gasteiger partial charge in [0.2, 0.25) is 5.91 Å². The van der Waals surface area contributed by atoms with Gasteiger partial charge in [0.25, 0.3) is 0 Å². The molecular formula is C50H93NO5. The average molecular weight is 788 g/mol. The number of carbonyl (C=O) groups excluding carboxylic acids is 2. The second-order valence-electron chi connectivity index (χ2n) is 16.5. The summed E-state index contributed by atoms with van der Waals surface area (Å²) in [4.78, 5) is 26.0. The van der Waals surface area contributed by atoms with Crippen molar-refractivity contribution in [2.45, 2.75) is 264 Å². The van der Waals surface area contributed by atoms with Crippen LogP contribution in [0.25, 0.3) is 0 Å². The number of allylic oxidation sites excluding steroid dienone is 6. The number of unbranched alkanes of at least 4 members (excludes halogenated alkanes) is 25. The van der Waals surface area contributed by atoms with E-state index >= 15 is 0 Å². The molecule has 0 saturated carbocycles. The Bertz CT molecular complexity index is 930. The fraction of sp³-hybridized carbons (Fsp3) is 0.840. The molecule has 0 aromatic rings. The van der Waals surface area contributed by atoms with Gasteiger partial charge in [0.15, 0.2) is 0 Å². The Morgan fingerprint density at radius 3 is 1.46 bits per heavy atom. The fourth-order valence-electron chi connectivity index (χ4n) is 7.33. The monoisotopic (exact) mass is 788 g/mol. The summed E-state index contributed by atoms with van der Waals surface area (Å²) in [5, 5.41) is 23.6. The van der Waals surface area contributed by atoms with E-state index in [-0.39, 0.29) is 24.9 Å². The highest BCUT2D eigenvalue weighted by molar-refractivity contribution is 5.77. The molecule has 328 valence electrons. The molecule has 0 bridgehead atoms. The van der Waals surface area contributed by atoms with Crippen molar-refractivity contribution in [3.63, 3.8) is 0 Å². The van der Waals surface area contributed by atoms with Crippen molar-refractivity contribution in [2.24, 2.45) is 0 Å². The van der Waals surface area contributed by atoms with Crippen LogP contribution in [0.1, 0.15) is 245 Å². The van der Waals surface area contributed by atoms with Crippen LogP contribution in [-0.4, -0.2) is 46.9 Å². The standard InChI is InChI=1S/C50H93NO5/c1-4-7-10-13-16-19-21-23-24-25-26-28-31-34-37-40-43-50(55)56-46(41-38-35-32-30-27-22-20-17-14-11-8-5-2)44-49(54)51-47(45-52)48(53)42-39-36-33-29-18-15-12-9-6-3/h7,10,16,19,23-24,46-48,52-53H,4-6,8-9,11-15,17-18,20-22,25-45H2,1-3H3,(H,51,54)/b10-7+,19-16+,24-23+. The van der Waals surface area contributed by atoms with Crippen LogP contribution in [0.5, 0.6) is 0 Å². The summed E-state index contributed by atoms with van der Waals surface area (Å²) in [7, 11) is 0. The molecule has 0 radical (unpaired) electrons. The summed E-state index contributed by atoms with van der Waals surface area (Å²) < 4.78 is 5.91. The van der Waals surface area contributed by atoms with Crippen LogP contribution in [0.2, 0.25) is 0 Å². The maximum absolute atomic E-state index is 13.1. The van der Waals surface area contributed by atoms with E-state index in [0.717, 1.165) is 77.0 Å². The zero-order chi connectivity index (χ0) is 41.0. The number of carbonyl (C=O) groups is 2. The zero-order valence-electron chi connectivity index (χ0n) is 37.3. The molecule has 1 amide bonds. The molecule has 6 heteroatoms. The van der Waals surface area contributed by atoms with Crippen LogP contribution < -0.4 is 5.32 Å². The van der Waals surface area contributed by atoms with Gasteiger partial charge in [0.05, 0.1) is 25.2 Å². The van der Waals surface area contributed by atoms with E-state index in [1.54, 1.807) is 0 Å². The number of rotatable bonds is 43. The Balaban J connectivity index is 4.56. The molecule has 56 heavy (non-hydrogen) atoms. The second kappa shape index (κ2) is 44.2. The Hall–Kier alpha value is -1.92. The lowest BCUT2D eigenvalue weighted by atomic mass is 10.0. The molecule has 0 fully saturated rings. The van der Waals surface area contributed by atoms with Gasteiger partial charge in [-0.15, -0.1) is 0 Å². The summed E-state index contributed by atoms with van der Waals surface area (Å²) in [5.74, 6) is -0.482. The predicted molar refractivity (Wildman–Crippen MR) is 241 cm³/mol. The first kappa shape index (κ1) is 54.1. The molecule has 3 unspecified atom stereocenters. The molecule has 0 heterocycles. The summed E-state index contributed by atoms with van der Waals surface area (Å²) in [6.45, 7) is 6.35. The fourth-order valence-corrected chi connectivity index (χ4v) is 7.33. The van der Waals surface area contributed by atoms with Gasteiger partial charge < -0.3 is 20.3 Å². The van der Waals surface area contributed by atoms with E-state index in [9.17, 15) is 19.8 Å². The van der Waals surface area contributed by atoms with E-state index in [1.807, 2.05) is 0 Å². The van der Waals surface area contributed by atoms with Crippen molar-refractivity contribution in [1.82, 2.24) is 5.32 Å². The van der Waals surface area contributed by atoms with Crippen LogP contribution in [0.15, 0.2) is 36.5 Å². The molecular weight excluding hydrogens is 695 g/mol. The largest absolute Gasteiger partial charge is 0.462 e. The van der Waals surface area contributed by atoms with Gasteiger partial charge in [-0.1, -0.05) is 211 Å². The third-order valence-corrected chi connectivity index (χ3v) is 11.0. The summed E-state index contributed by atoms with van der Waals surface area (Å²) in [5.41, 5.74) is 0. The molecule has 0 aliphatic carbocycles.